The number of hydrogen-bond acceptors (Lipinski definition) is 2. The molecule has 0 saturated heterocycles. The lowest BCUT2D eigenvalue weighted by atomic mass is 10.1. The molecule has 0 aliphatic carbocycles. The van der Waals surface area contributed by atoms with Crippen LogP contribution < -0.4 is 0 Å². The van der Waals surface area contributed by atoms with Gasteiger partial charge in [-0.05, 0) is 11.6 Å². The summed E-state index contributed by atoms with van der Waals surface area (Å²) >= 11 is 0. The average molecular weight is 209 g/mol. The lowest BCUT2D eigenvalue weighted by Gasteiger charge is -2.01. The van der Waals surface area contributed by atoms with Gasteiger partial charge in [0.05, 0.1) is 11.8 Å². The summed E-state index contributed by atoms with van der Waals surface area (Å²) in [6.45, 7) is 0. The van der Waals surface area contributed by atoms with Crippen molar-refractivity contribution < 1.29 is 0 Å². The van der Waals surface area contributed by atoms with Crippen molar-refractivity contribution in [2.75, 3.05) is 0 Å². The Kier molecular flexibility index (Phi) is 1.96. The van der Waals surface area contributed by atoms with Crippen molar-refractivity contribution in [1.29, 1.82) is 0 Å². The maximum atomic E-state index is 4.35. The van der Waals surface area contributed by atoms with Gasteiger partial charge >= 0.3 is 0 Å². The lowest BCUT2D eigenvalue weighted by molar-refractivity contribution is 0.948. The van der Waals surface area contributed by atoms with E-state index in [1.165, 1.54) is 5.56 Å². The minimum absolute atomic E-state index is 0.794. The number of aromatic nitrogens is 3. The van der Waals surface area contributed by atoms with Gasteiger partial charge in [-0.2, -0.15) is 0 Å². The third kappa shape index (κ3) is 1.37. The maximum Gasteiger partial charge on any atom is 0.177 e. The molecule has 0 spiro atoms. The third-order valence-electron chi connectivity index (χ3n) is 2.69. The lowest BCUT2D eigenvalue weighted by Crippen LogP contribution is -1.86. The Morgan fingerprint density at radius 2 is 1.81 bits per heavy atom. The zero-order valence-corrected chi connectivity index (χ0v) is 8.96. The van der Waals surface area contributed by atoms with Gasteiger partial charge in [-0.1, -0.05) is 30.3 Å². The quantitative estimate of drug-likeness (QED) is 0.616. The van der Waals surface area contributed by atoms with Gasteiger partial charge in [0.15, 0.2) is 5.65 Å². The van der Waals surface area contributed by atoms with Crippen LogP contribution in [0.2, 0.25) is 0 Å². The fraction of sp³-hybridized carbons (Fsp3) is 0.0769. The fourth-order valence-electron chi connectivity index (χ4n) is 1.80. The number of pyridine rings is 1. The van der Waals surface area contributed by atoms with Crippen molar-refractivity contribution in [2.45, 2.75) is 0 Å². The second-order valence-corrected chi connectivity index (χ2v) is 3.79. The molecular formula is C13H11N3. The van der Waals surface area contributed by atoms with Gasteiger partial charge in [0.25, 0.3) is 0 Å². The summed E-state index contributed by atoms with van der Waals surface area (Å²) < 4.78 is 1.98. The second-order valence-electron chi connectivity index (χ2n) is 3.79. The van der Waals surface area contributed by atoms with Crippen LogP contribution in [-0.2, 0) is 7.05 Å². The van der Waals surface area contributed by atoms with Crippen LogP contribution in [0.25, 0.3) is 22.3 Å². The van der Waals surface area contributed by atoms with Crippen molar-refractivity contribution >= 4 is 11.2 Å². The number of hydrogen-bond donors (Lipinski definition) is 0. The molecule has 0 aliphatic heterocycles. The minimum Gasteiger partial charge on any atom is -0.332 e. The van der Waals surface area contributed by atoms with Crippen molar-refractivity contribution in [2.24, 2.45) is 7.05 Å². The van der Waals surface area contributed by atoms with Crippen LogP contribution in [0.15, 0.2) is 48.9 Å². The van der Waals surface area contributed by atoms with Crippen LogP contribution in [0.1, 0.15) is 0 Å². The summed E-state index contributed by atoms with van der Waals surface area (Å²) in [6, 6.07) is 12.4. The van der Waals surface area contributed by atoms with Crippen LogP contribution in [0.4, 0.5) is 0 Å². The summed E-state index contributed by atoms with van der Waals surface area (Å²) in [5.74, 6) is 0. The molecule has 1 aromatic carbocycles. The van der Waals surface area contributed by atoms with Gasteiger partial charge in [0, 0.05) is 18.8 Å². The molecule has 0 fully saturated rings. The Bertz CT molecular complexity index is 626. The Labute approximate surface area is 93.4 Å². The molecule has 3 aromatic rings. The van der Waals surface area contributed by atoms with E-state index in [0.717, 1.165) is 16.7 Å². The zero-order chi connectivity index (χ0) is 11.0. The van der Waals surface area contributed by atoms with Crippen LogP contribution >= 0.6 is 0 Å². The number of fused-ring (bicyclic) bond motifs is 1. The molecule has 0 atom stereocenters. The highest BCUT2D eigenvalue weighted by Crippen LogP contribution is 2.21. The van der Waals surface area contributed by atoms with E-state index in [4.69, 9.17) is 0 Å². The molecule has 0 amide bonds. The van der Waals surface area contributed by atoms with Gasteiger partial charge in [0.1, 0.15) is 0 Å². The van der Waals surface area contributed by atoms with Crippen LogP contribution in [0, 0.1) is 0 Å². The van der Waals surface area contributed by atoms with Crippen molar-refractivity contribution in [3.8, 4) is 11.1 Å². The Balaban J connectivity index is 2.22. The predicted molar refractivity (Wildman–Crippen MR) is 63.9 cm³/mol. The first-order valence-corrected chi connectivity index (χ1v) is 5.17. The molecule has 0 radical (unpaired) electrons. The molecule has 0 unspecified atom stereocenters. The largest absolute Gasteiger partial charge is 0.332 e. The average Bonchev–Trinajstić information content (AvgIpc) is 2.72. The summed E-state index contributed by atoms with van der Waals surface area (Å²) in [7, 11) is 1.98. The molecule has 2 aromatic heterocycles. The summed E-state index contributed by atoms with van der Waals surface area (Å²) in [5, 5.41) is 0. The number of aryl methyl sites for hydroxylation is 1. The van der Waals surface area contributed by atoms with Crippen molar-refractivity contribution in [3.05, 3.63) is 48.9 Å². The van der Waals surface area contributed by atoms with Crippen molar-refractivity contribution in [1.82, 2.24) is 14.5 Å². The molecule has 0 aliphatic rings. The molecule has 3 heteroatoms. The molecule has 0 bridgehead atoms. The number of nitrogens with zero attached hydrogens (tertiary/aromatic N) is 3. The molecule has 78 valence electrons. The van der Waals surface area contributed by atoms with E-state index in [2.05, 4.69) is 28.2 Å². The second kappa shape index (κ2) is 3.45. The molecular weight excluding hydrogens is 198 g/mol. The van der Waals surface area contributed by atoms with Gasteiger partial charge in [-0.3, -0.25) is 0 Å². The SMILES string of the molecule is Cn1cnc2ncc(-c3ccccc3)cc21. The highest BCUT2D eigenvalue weighted by molar-refractivity contribution is 5.78. The van der Waals surface area contributed by atoms with Gasteiger partial charge in [-0.15, -0.1) is 0 Å². The van der Waals surface area contributed by atoms with Crippen LogP contribution in [0.3, 0.4) is 0 Å². The monoisotopic (exact) mass is 209 g/mol. The van der Waals surface area contributed by atoms with E-state index in [9.17, 15) is 0 Å². The van der Waals surface area contributed by atoms with E-state index in [-0.39, 0.29) is 0 Å². The van der Waals surface area contributed by atoms with Gasteiger partial charge in [0.2, 0.25) is 0 Å². The Morgan fingerprint density at radius 3 is 2.62 bits per heavy atom. The Morgan fingerprint density at radius 1 is 1.00 bits per heavy atom. The fourth-order valence-corrected chi connectivity index (χ4v) is 1.80. The van der Waals surface area contributed by atoms with Crippen LogP contribution in [-0.4, -0.2) is 14.5 Å². The highest BCUT2D eigenvalue weighted by Gasteiger charge is 2.03. The Hall–Kier alpha value is -2.16. The van der Waals surface area contributed by atoms with E-state index in [1.54, 1.807) is 6.33 Å². The topological polar surface area (TPSA) is 30.7 Å². The highest BCUT2D eigenvalue weighted by atomic mass is 15.0. The number of imidazole rings is 1. The number of rotatable bonds is 1. The smallest absolute Gasteiger partial charge is 0.177 e. The van der Waals surface area contributed by atoms with E-state index >= 15 is 0 Å². The first kappa shape index (κ1) is 9.09. The van der Waals surface area contributed by atoms with Gasteiger partial charge in [-0.25, -0.2) is 9.97 Å². The zero-order valence-electron chi connectivity index (χ0n) is 8.96. The molecule has 0 saturated carbocycles. The van der Waals surface area contributed by atoms with E-state index in [0.29, 0.717) is 0 Å². The predicted octanol–water partition coefficient (Wildman–Crippen LogP) is 2.64. The minimum atomic E-state index is 0.794. The van der Waals surface area contributed by atoms with Crippen LogP contribution in [0.5, 0.6) is 0 Å². The summed E-state index contributed by atoms with van der Waals surface area (Å²) in [6.07, 6.45) is 3.65. The molecule has 0 N–H and O–H groups in total. The molecule has 3 rings (SSSR count). The maximum absolute atomic E-state index is 4.35. The molecule has 16 heavy (non-hydrogen) atoms. The van der Waals surface area contributed by atoms with E-state index < -0.39 is 0 Å². The van der Waals surface area contributed by atoms with E-state index in [1.807, 2.05) is 36.0 Å². The van der Waals surface area contributed by atoms with Gasteiger partial charge < -0.3 is 4.57 Å². The standard InChI is InChI=1S/C13H11N3/c1-16-9-15-13-12(16)7-11(8-14-13)10-5-3-2-4-6-10/h2-9H,1H3. The molecule has 3 nitrogen and oxygen atoms in total. The summed E-state index contributed by atoms with van der Waals surface area (Å²) in [5.41, 5.74) is 4.15. The third-order valence-corrected chi connectivity index (χ3v) is 2.69. The van der Waals surface area contributed by atoms with Crippen molar-refractivity contribution in [3.63, 3.8) is 0 Å². The first-order chi connectivity index (χ1) is 7.84. The first-order valence-electron chi connectivity index (χ1n) is 5.17. The molecule has 2 heterocycles. The number of benzene rings is 1. The normalized spacial score (nSPS) is 10.8. The summed E-state index contributed by atoms with van der Waals surface area (Å²) in [4.78, 5) is 8.55.